The van der Waals surface area contributed by atoms with Gasteiger partial charge in [-0.05, 0) is 25.9 Å². The Morgan fingerprint density at radius 2 is 2.07 bits per heavy atom. The monoisotopic (exact) mass is 206 g/mol. The second kappa shape index (κ2) is 5.24. The Hall–Kier alpha value is -0.710. The predicted molar refractivity (Wildman–Crippen MR) is 49.3 cm³/mol. The van der Waals surface area contributed by atoms with Crippen LogP contribution in [0.4, 0.5) is 8.78 Å². The molecule has 1 heterocycles. The molecule has 0 aromatic heterocycles. The molecule has 5 heteroatoms. The summed E-state index contributed by atoms with van der Waals surface area (Å²) in [6, 6.07) is -0.0113. The number of piperidine rings is 1. The van der Waals surface area contributed by atoms with Gasteiger partial charge in [-0.3, -0.25) is 4.79 Å². The average molecular weight is 206 g/mol. The summed E-state index contributed by atoms with van der Waals surface area (Å²) < 4.78 is 24.4. The Balaban J connectivity index is 2.51. The Bertz CT molecular complexity index is 193. The number of carbonyl (C=O) groups is 1. The molecule has 0 spiro atoms. The third-order valence-corrected chi connectivity index (χ3v) is 2.49. The number of alkyl halides is 2. The Morgan fingerprint density at radius 3 is 2.50 bits per heavy atom. The fourth-order valence-electron chi connectivity index (χ4n) is 1.80. The summed E-state index contributed by atoms with van der Waals surface area (Å²) in [5.41, 5.74) is 0. The number of nitrogens with zero attached hydrogens (tertiary/aromatic N) is 1. The highest BCUT2D eigenvalue weighted by molar-refractivity contribution is 5.73. The molecule has 1 fully saturated rings. The number of carbonyl (C=O) groups excluding carboxylic acids is 1. The molecule has 1 N–H and O–H groups in total. The van der Waals surface area contributed by atoms with Crippen LogP contribution in [-0.4, -0.2) is 42.9 Å². The van der Waals surface area contributed by atoms with Crippen LogP contribution in [0.2, 0.25) is 0 Å². The van der Waals surface area contributed by atoms with Crippen LogP contribution in [0.3, 0.4) is 0 Å². The SMILES string of the molecule is CC(=O)N(CC(F)F)C1CCNCC1. The first-order valence-corrected chi connectivity index (χ1v) is 4.87. The molecular weight excluding hydrogens is 190 g/mol. The average Bonchev–Trinajstić information content (AvgIpc) is 2.15. The molecule has 14 heavy (non-hydrogen) atoms. The van der Waals surface area contributed by atoms with Gasteiger partial charge in [-0.25, -0.2) is 8.78 Å². The van der Waals surface area contributed by atoms with Crippen molar-refractivity contribution in [2.45, 2.75) is 32.2 Å². The van der Waals surface area contributed by atoms with Gasteiger partial charge in [0, 0.05) is 13.0 Å². The zero-order valence-corrected chi connectivity index (χ0v) is 8.30. The van der Waals surface area contributed by atoms with Crippen LogP contribution in [0.15, 0.2) is 0 Å². The van der Waals surface area contributed by atoms with E-state index < -0.39 is 13.0 Å². The second-order valence-electron chi connectivity index (χ2n) is 3.54. The van der Waals surface area contributed by atoms with Gasteiger partial charge in [0.15, 0.2) is 0 Å². The minimum atomic E-state index is -2.44. The lowest BCUT2D eigenvalue weighted by molar-refractivity contribution is -0.134. The van der Waals surface area contributed by atoms with Crippen LogP contribution >= 0.6 is 0 Å². The fourth-order valence-corrected chi connectivity index (χ4v) is 1.80. The second-order valence-corrected chi connectivity index (χ2v) is 3.54. The fraction of sp³-hybridized carbons (Fsp3) is 0.889. The van der Waals surface area contributed by atoms with Crippen molar-refractivity contribution < 1.29 is 13.6 Å². The van der Waals surface area contributed by atoms with Gasteiger partial charge in [-0.2, -0.15) is 0 Å². The third-order valence-electron chi connectivity index (χ3n) is 2.49. The van der Waals surface area contributed by atoms with Gasteiger partial charge < -0.3 is 10.2 Å². The highest BCUT2D eigenvalue weighted by Gasteiger charge is 2.25. The highest BCUT2D eigenvalue weighted by Crippen LogP contribution is 2.13. The Kier molecular flexibility index (Phi) is 4.25. The number of nitrogens with one attached hydrogen (secondary N) is 1. The molecule has 0 radical (unpaired) electrons. The molecule has 82 valence electrons. The molecule has 1 rings (SSSR count). The summed E-state index contributed by atoms with van der Waals surface area (Å²) in [4.78, 5) is 12.4. The first-order chi connectivity index (χ1) is 6.61. The van der Waals surface area contributed by atoms with E-state index >= 15 is 0 Å². The molecule has 0 atom stereocenters. The molecular formula is C9H16F2N2O. The van der Waals surface area contributed by atoms with Crippen molar-refractivity contribution in [2.75, 3.05) is 19.6 Å². The zero-order chi connectivity index (χ0) is 10.6. The van der Waals surface area contributed by atoms with Crippen molar-refractivity contribution in [3.8, 4) is 0 Å². The largest absolute Gasteiger partial charge is 0.334 e. The molecule has 1 aliphatic rings. The van der Waals surface area contributed by atoms with Crippen LogP contribution in [0, 0.1) is 0 Å². The topological polar surface area (TPSA) is 32.3 Å². The predicted octanol–water partition coefficient (Wildman–Crippen LogP) is 0.852. The lowest BCUT2D eigenvalue weighted by Crippen LogP contribution is -2.47. The summed E-state index contributed by atoms with van der Waals surface area (Å²) in [7, 11) is 0. The lowest BCUT2D eigenvalue weighted by Gasteiger charge is -2.33. The van der Waals surface area contributed by atoms with Crippen molar-refractivity contribution >= 4 is 5.91 Å². The molecule has 0 saturated carbocycles. The van der Waals surface area contributed by atoms with E-state index in [2.05, 4.69) is 5.32 Å². The van der Waals surface area contributed by atoms with Crippen molar-refractivity contribution in [2.24, 2.45) is 0 Å². The Morgan fingerprint density at radius 1 is 1.50 bits per heavy atom. The van der Waals surface area contributed by atoms with Gasteiger partial charge in [0.1, 0.15) is 0 Å². The van der Waals surface area contributed by atoms with E-state index in [4.69, 9.17) is 0 Å². The van der Waals surface area contributed by atoms with Gasteiger partial charge in [-0.15, -0.1) is 0 Å². The van der Waals surface area contributed by atoms with Crippen molar-refractivity contribution in [3.63, 3.8) is 0 Å². The maximum atomic E-state index is 12.2. The molecule has 0 aliphatic carbocycles. The summed E-state index contributed by atoms with van der Waals surface area (Å²) in [5.74, 6) is -0.253. The van der Waals surface area contributed by atoms with E-state index in [0.717, 1.165) is 25.9 Å². The number of hydrogen-bond acceptors (Lipinski definition) is 2. The number of halogens is 2. The third kappa shape index (κ3) is 3.21. The minimum absolute atomic E-state index is 0.0113. The zero-order valence-electron chi connectivity index (χ0n) is 8.30. The summed E-state index contributed by atoms with van der Waals surface area (Å²) in [6.07, 6.45) is -0.896. The number of amides is 1. The normalized spacial score (nSPS) is 18.6. The summed E-state index contributed by atoms with van der Waals surface area (Å²) >= 11 is 0. The van der Waals surface area contributed by atoms with E-state index in [1.54, 1.807) is 0 Å². The van der Waals surface area contributed by atoms with Crippen LogP contribution in [0.1, 0.15) is 19.8 Å². The molecule has 0 unspecified atom stereocenters. The van der Waals surface area contributed by atoms with E-state index in [1.165, 1.54) is 11.8 Å². The van der Waals surface area contributed by atoms with Crippen LogP contribution in [0.5, 0.6) is 0 Å². The van der Waals surface area contributed by atoms with Crippen LogP contribution in [0.25, 0.3) is 0 Å². The molecule has 3 nitrogen and oxygen atoms in total. The van der Waals surface area contributed by atoms with Gasteiger partial charge >= 0.3 is 0 Å². The van der Waals surface area contributed by atoms with Crippen molar-refractivity contribution in [3.05, 3.63) is 0 Å². The highest BCUT2D eigenvalue weighted by atomic mass is 19.3. The van der Waals surface area contributed by atoms with E-state index in [-0.39, 0.29) is 11.9 Å². The van der Waals surface area contributed by atoms with E-state index in [1.807, 2.05) is 0 Å². The molecule has 0 aromatic carbocycles. The molecule has 0 bridgehead atoms. The van der Waals surface area contributed by atoms with Crippen molar-refractivity contribution in [1.29, 1.82) is 0 Å². The molecule has 1 saturated heterocycles. The lowest BCUT2D eigenvalue weighted by atomic mass is 10.0. The molecule has 1 amide bonds. The van der Waals surface area contributed by atoms with Crippen molar-refractivity contribution in [1.82, 2.24) is 10.2 Å². The van der Waals surface area contributed by atoms with Gasteiger partial charge in [0.05, 0.1) is 6.54 Å². The van der Waals surface area contributed by atoms with Crippen LogP contribution < -0.4 is 5.32 Å². The standard InChI is InChI=1S/C9H16F2N2O/c1-7(14)13(6-9(10)11)8-2-4-12-5-3-8/h8-9,12H,2-6H2,1H3. The first-order valence-electron chi connectivity index (χ1n) is 4.87. The van der Waals surface area contributed by atoms with Gasteiger partial charge in [0.25, 0.3) is 6.43 Å². The number of hydrogen-bond donors (Lipinski definition) is 1. The van der Waals surface area contributed by atoms with Gasteiger partial charge in [0.2, 0.25) is 5.91 Å². The number of rotatable bonds is 3. The smallest absolute Gasteiger partial charge is 0.255 e. The van der Waals surface area contributed by atoms with E-state index in [0.29, 0.717) is 0 Å². The Labute approximate surface area is 82.5 Å². The maximum absolute atomic E-state index is 12.2. The van der Waals surface area contributed by atoms with Crippen LogP contribution in [-0.2, 0) is 4.79 Å². The quantitative estimate of drug-likeness (QED) is 0.742. The summed E-state index contributed by atoms with van der Waals surface area (Å²) in [6.45, 7) is 2.53. The first kappa shape index (κ1) is 11.4. The minimum Gasteiger partial charge on any atom is -0.334 e. The van der Waals surface area contributed by atoms with E-state index in [9.17, 15) is 13.6 Å². The molecule has 1 aliphatic heterocycles. The maximum Gasteiger partial charge on any atom is 0.255 e. The summed E-state index contributed by atoms with van der Waals surface area (Å²) in [5, 5.41) is 3.14. The molecule has 0 aromatic rings. The van der Waals surface area contributed by atoms with Gasteiger partial charge in [-0.1, -0.05) is 0 Å².